The van der Waals surface area contributed by atoms with E-state index >= 15 is 0 Å². The van der Waals surface area contributed by atoms with Gasteiger partial charge in [-0.1, -0.05) is 0 Å². The number of hydrogen-bond acceptors (Lipinski definition) is 6. The summed E-state index contributed by atoms with van der Waals surface area (Å²) in [5.41, 5.74) is -1.05. The molecule has 0 saturated carbocycles. The smallest absolute Gasteiger partial charge is 0.211 e. The molecule has 1 aliphatic rings. The van der Waals surface area contributed by atoms with Crippen LogP contribution in [-0.2, 0) is 10.0 Å². The van der Waals surface area contributed by atoms with Crippen molar-refractivity contribution in [2.24, 2.45) is 0 Å². The largest absolute Gasteiger partial charge is 0.387 e. The number of anilines is 1. The Hall–Kier alpha value is -1.25. The second-order valence-corrected chi connectivity index (χ2v) is 7.07. The number of nitrogens with zero attached hydrogens (tertiary/aromatic N) is 4. The Morgan fingerprint density at radius 3 is 2.84 bits per heavy atom. The van der Waals surface area contributed by atoms with E-state index in [0.717, 1.165) is 6.26 Å². The van der Waals surface area contributed by atoms with Crippen LogP contribution in [0.3, 0.4) is 0 Å². The van der Waals surface area contributed by atoms with Gasteiger partial charge < -0.3 is 10.0 Å². The SMILES string of the molecule is CN(CC1(O)CCN(c2cnccn2)C1)S(C)(=O)=O. The Balaban J connectivity index is 2.05. The molecule has 0 spiro atoms. The maximum absolute atomic E-state index is 11.4. The molecule has 106 valence electrons. The van der Waals surface area contributed by atoms with Gasteiger partial charge in [0.25, 0.3) is 0 Å². The van der Waals surface area contributed by atoms with Gasteiger partial charge in [0.15, 0.2) is 0 Å². The van der Waals surface area contributed by atoms with Crippen molar-refractivity contribution in [1.29, 1.82) is 0 Å². The molecule has 1 aromatic rings. The van der Waals surface area contributed by atoms with Gasteiger partial charge in [-0.05, 0) is 6.42 Å². The molecule has 1 unspecified atom stereocenters. The van der Waals surface area contributed by atoms with E-state index in [1.165, 1.54) is 11.4 Å². The number of aliphatic hydroxyl groups is 1. The zero-order valence-electron chi connectivity index (χ0n) is 11.0. The van der Waals surface area contributed by atoms with Crippen LogP contribution in [0.4, 0.5) is 5.82 Å². The van der Waals surface area contributed by atoms with Crippen molar-refractivity contribution in [3.63, 3.8) is 0 Å². The van der Waals surface area contributed by atoms with Gasteiger partial charge in [-0.3, -0.25) is 4.98 Å². The summed E-state index contributed by atoms with van der Waals surface area (Å²) in [5.74, 6) is 0.695. The van der Waals surface area contributed by atoms with Crippen LogP contribution >= 0.6 is 0 Å². The number of sulfonamides is 1. The highest BCUT2D eigenvalue weighted by molar-refractivity contribution is 7.88. The Labute approximate surface area is 112 Å². The zero-order valence-corrected chi connectivity index (χ0v) is 11.8. The maximum Gasteiger partial charge on any atom is 0.211 e. The average Bonchev–Trinajstić information content (AvgIpc) is 2.71. The fraction of sp³-hybridized carbons (Fsp3) is 0.636. The first-order valence-electron chi connectivity index (χ1n) is 5.95. The predicted molar refractivity (Wildman–Crippen MR) is 71.3 cm³/mol. The van der Waals surface area contributed by atoms with Crippen LogP contribution in [-0.4, -0.2) is 66.3 Å². The first-order valence-corrected chi connectivity index (χ1v) is 7.80. The van der Waals surface area contributed by atoms with Gasteiger partial charge in [-0.25, -0.2) is 17.7 Å². The molecule has 1 fully saturated rings. The molecule has 8 heteroatoms. The molecule has 0 bridgehead atoms. The van der Waals surface area contributed by atoms with Crippen LogP contribution in [0.2, 0.25) is 0 Å². The fourth-order valence-electron chi connectivity index (χ4n) is 2.17. The van der Waals surface area contributed by atoms with E-state index in [1.807, 2.05) is 4.90 Å². The molecule has 1 aromatic heterocycles. The third-order valence-corrected chi connectivity index (χ3v) is 4.55. The van der Waals surface area contributed by atoms with E-state index < -0.39 is 15.6 Å². The standard InChI is InChI=1S/C11H18N4O3S/c1-14(19(2,17)18)8-11(16)3-6-15(9-11)10-7-12-4-5-13-10/h4-5,7,16H,3,6,8-9H2,1-2H3. The van der Waals surface area contributed by atoms with Gasteiger partial charge >= 0.3 is 0 Å². The Kier molecular flexibility index (Phi) is 3.75. The summed E-state index contributed by atoms with van der Waals surface area (Å²) in [6.45, 7) is 1.07. The van der Waals surface area contributed by atoms with Gasteiger partial charge in [0.2, 0.25) is 10.0 Å². The molecule has 1 aliphatic heterocycles. The minimum Gasteiger partial charge on any atom is -0.387 e. The molecule has 1 atom stereocenters. The molecule has 1 saturated heterocycles. The minimum atomic E-state index is -3.28. The molecule has 0 aromatic carbocycles. The number of aromatic nitrogens is 2. The number of rotatable bonds is 4. The van der Waals surface area contributed by atoms with E-state index in [0.29, 0.717) is 25.3 Å². The fourth-order valence-corrected chi connectivity index (χ4v) is 2.64. The number of hydrogen-bond donors (Lipinski definition) is 1. The third-order valence-electron chi connectivity index (χ3n) is 3.29. The molecule has 0 radical (unpaired) electrons. The minimum absolute atomic E-state index is 0.0859. The topological polar surface area (TPSA) is 86.6 Å². The molecule has 0 aliphatic carbocycles. The van der Waals surface area contributed by atoms with Gasteiger partial charge in [-0.15, -0.1) is 0 Å². The quantitative estimate of drug-likeness (QED) is 0.788. The molecular weight excluding hydrogens is 268 g/mol. The van der Waals surface area contributed by atoms with Crippen molar-refractivity contribution in [1.82, 2.24) is 14.3 Å². The second kappa shape index (κ2) is 5.03. The van der Waals surface area contributed by atoms with Crippen LogP contribution in [0, 0.1) is 0 Å². The van der Waals surface area contributed by atoms with Crippen LogP contribution in [0.15, 0.2) is 18.6 Å². The summed E-state index contributed by atoms with van der Waals surface area (Å²) in [6.07, 6.45) is 6.44. The van der Waals surface area contributed by atoms with E-state index in [-0.39, 0.29) is 6.54 Å². The van der Waals surface area contributed by atoms with E-state index in [1.54, 1.807) is 18.6 Å². The van der Waals surface area contributed by atoms with Crippen molar-refractivity contribution in [3.8, 4) is 0 Å². The first-order chi connectivity index (χ1) is 8.80. The Morgan fingerprint density at radius 1 is 1.53 bits per heavy atom. The van der Waals surface area contributed by atoms with Crippen molar-refractivity contribution in [3.05, 3.63) is 18.6 Å². The van der Waals surface area contributed by atoms with Crippen LogP contribution in [0.5, 0.6) is 0 Å². The lowest BCUT2D eigenvalue weighted by Gasteiger charge is -2.27. The summed E-state index contributed by atoms with van der Waals surface area (Å²) >= 11 is 0. The molecular formula is C11H18N4O3S. The highest BCUT2D eigenvalue weighted by Gasteiger charge is 2.39. The van der Waals surface area contributed by atoms with Crippen LogP contribution < -0.4 is 4.90 Å². The maximum atomic E-state index is 11.4. The Bertz CT molecular complexity index is 536. The van der Waals surface area contributed by atoms with Gasteiger partial charge in [0, 0.05) is 39.1 Å². The van der Waals surface area contributed by atoms with Crippen molar-refractivity contribution >= 4 is 15.8 Å². The van der Waals surface area contributed by atoms with Gasteiger partial charge in [0.05, 0.1) is 18.1 Å². The highest BCUT2D eigenvalue weighted by atomic mass is 32.2. The van der Waals surface area contributed by atoms with E-state index in [2.05, 4.69) is 9.97 Å². The molecule has 19 heavy (non-hydrogen) atoms. The highest BCUT2D eigenvalue weighted by Crippen LogP contribution is 2.26. The summed E-state index contributed by atoms with van der Waals surface area (Å²) < 4.78 is 24.0. The van der Waals surface area contributed by atoms with Crippen LogP contribution in [0.1, 0.15) is 6.42 Å². The lowest BCUT2D eigenvalue weighted by Crippen LogP contribution is -2.45. The van der Waals surface area contributed by atoms with Crippen molar-refractivity contribution < 1.29 is 13.5 Å². The molecule has 0 amide bonds. The summed E-state index contributed by atoms with van der Waals surface area (Å²) in [5, 5.41) is 10.5. The van der Waals surface area contributed by atoms with Crippen molar-refractivity contribution in [2.75, 3.05) is 37.8 Å². The van der Waals surface area contributed by atoms with Crippen LogP contribution in [0.25, 0.3) is 0 Å². The monoisotopic (exact) mass is 286 g/mol. The zero-order chi connectivity index (χ0) is 14.1. The van der Waals surface area contributed by atoms with Gasteiger partial charge in [0.1, 0.15) is 5.82 Å². The predicted octanol–water partition coefficient (Wildman–Crippen LogP) is -0.691. The first kappa shape index (κ1) is 14.2. The lowest BCUT2D eigenvalue weighted by molar-refractivity contribution is 0.0480. The summed E-state index contributed by atoms with van der Waals surface area (Å²) in [4.78, 5) is 10.1. The van der Waals surface area contributed by atoms with Gasteiger partial charge in [-0.2, -0.15) is 0 Å². The second-order valence-electron chi connectivity index (χ2n) is 4.98. The normalized spacial score (nSPS) is 24.1. The van der Waals surface area contributed by atoms with E-state index in [4.69, 9.17) is 0 Å². The average molecular weight is 286 g/mol. The molecule has 7 nitrogen and oxygen atoms in total. The molecule has 2 rings (SSSR count). The summed E-state index contributed by atoms with van der Waals surface area (Å²) in [6, 6.07) is 0. The van der Waals surface area contributed by atoms with E-state index in [9.17, 15) is 13.5 Å². The lowest BCUT2D eigenvalue weighted by atomic mass is 10.0. The van der Waals surface area contributed by atoms with Crippen molar-refractivity contribution in [2.45, 2.75) is 12.0 Å². The number of likely N-dealkylation sites (N-methyl/N-ethyl adjacent to an activating group) is 1. The third kappa shape index (κ3) is 3.40. The Morgan fingerprint density at radius 2 is 2.26 bits per heavy atom. The number of β-amino-alcohol motifs (C(OH)–C–C–N with tert-alkyl or cyclic N) is 1. The molecule has 2 heterocycles. The molecule has 1 N–H and O–H groups in total. The summed E-state index contributed by atoms with van der Waals surface area (Å²) in [7, 11) is -1.81.